The van der Waals surface area contributed by atoms with Crippen molar-refractivity contribution in [2.24, 2.45) is 0 Å². The largest absolute Gasteiger partial charge is 0.268 e. The van der Waals surface area contributed by atoms with Gasteiger partial charge >= 0.3 is 0 Å². The summed E-state index contributed by atoms with van der Waals surface area (Å²) in [7, 11) is 0. The second-order valence-electron chi connectivity index (χ2n) is 7.13. The van der Waals surface area contributed by atoms with Crippen LogP contribution in [-0.2, 0) is 13.0 Å². The highest BCUT2D eigenvalue weighted by atomic mass is 19.3. The third-order valence-corrected chi connectivity index (χ3v) is 5.11. The number of nitrogens with zero attached hydrogens (tertiary/aromatic N) is 4. The van der Waals surface area contributed by atoms with E-state index >= 15 is 0 Å². The Morgan fingerprint density at radius 3 is 2.75 bits per heavy atom. The SMILES string of the molecule is Cc1cc(-c2c(-c3ccc(F)cc3)nn3c2CC(F)(F)CC3)c2cn[nH]c2n1. The normalized spacial score (nSPS) is 15.7. The number of rotatable bonds is 2. The standard InChI is InChI=1S/C20H16F3N5/c1-11-8-14(15-10-24-26-19(15)25-11)17-16-9-20(22,23)6-7-28(16)27-18(17)12-2-4-13(21)5-3-12/h2-5,8,10H,6-7,9H2,1H3,(H,24,25,26). The Labute approximate surface area is 158 Å². The van der Waals surface area contributed by atoms with E-state index in [1.165, 1.54) is 12.1 Å². The molecule has 0 saturated carbocycles. The molecule has 0 fully saturated rings. The molecular formula is C20H16F3N5. The molecule has 0 saturated heterocycles. The van der Waals surface area contributed by atoms with Crippen molar-refractivity contribution in [3.8, 4) is 22.4 Å². The molecular weight excluding hydrogens is 367 g/mol. The monoisotopic (exact) mass is 383 g/mol. The van der Waals surface area contributed by atoms with Gasteiger partial charge in [0.1, 0.15) is 11.5 Å². The summed E-state index contributed by atoms with van der Waals surface area (Å²) in [4.78, 5) is 4.42. The van der Waals surface area contributed by atoms with Gasteiger partial charge in [-0.2, -0.15) is 10.2 Å². The molecule has 5 nitrogen and oxygen atoms in total. The molecule has 0 radical (unpaired) electrons. The predicted molar refractivity (Wildman–Crippen MR) is 98.5 cm³/mol. The first-order valence-electron chi connectivity index (χ1n) is 8.96. The molecule has 3 aromatic heterocycles. The molecule has 0 bridgehead atoms. The number of benzene rings is 1. The van der Waals surface area contributed by atoms with Crippen LogP contribution < -0.4 is 0 Å². The summed E-state index contributed by atoms with van der Waals surface area (Å²) in [5.74, 6) is -3.15. The zero-order valence-corrected chi connectivity index (χ0v) is 15.0. The number of nitrogens with one attached hydrogen (secondary N) is 1. The van der Waals surface area contributed by atoms with E-state index in [4.69, 9.17) is 0 Å². The van der Waals surface area contributed by atoms with Crippen LogP contribution in [0.5, 0.6) is 0 Å². The molecule has 1 aliphatic rings. The van der Waals surface area contributed by atoms with Gasteiger partial charge in [-0.3, -0.25) is 9.78 Å². The third kappa shape index (κ3) is 2.67. The minimum atomic E-state index is -2.79. The maximum atomic E-state index is 14.3. The molecule has 142 valence electrons. The van der Waals surface area contributed by atoms with Crippen LogP contribution in [0.3, 0.4) is 0 Å². The van der Waals surface area contributed by atoms with Gasteiger partial charge in [-0.05, 0) is 37.3 Å². The van der Waals surface area contributed by atoms with E-state index in [0.29, 0.717) is 28.2 Å². The highest BCUT2D eigenvalue weighted by Gasteiger charge is 2.38. The average Bonchev–Trinajstić information content (AvgIpc) is 3.25. The van der Waals surface area contributed by atoms with Crippen molar-refractivity contribution in [3.63, 3.8) is 0 Å². The second-order valence-corrected chi connectivity index (χ2v) is 7.13. The van der Waals surface area contributed by atoms with E-state index in [1.807, 2.05) is 13.0 Å². The minimum Gasteiger partial charge on any atom is -0.268 e. The summed E-state index contributed by atoms with van der Waals surface area (Å²) in [5, 5.41) is 12.3. The molecule has 0 aliphatic carbocycles. The molecule has 0 unspecified atom stereocenters. The highest BCUT2D eigenvalue weighted by molar-refractivity contribution is 5.97. The van der Waals surface area contributed by atoms with E-state index in [-0.39, 0.29) is 18.8 Å². The Hall–Kier alpha value is -3.16. The van der Waals surface area contributed by atoms with Crippen LogP contribution >= 0.6 is 0 Å². The minimum absolute atomic E-state index is 0.134. The van der Waals surface area contributed by atoms with E-state index < -0.39 is 12.3 Å². The van der Waals surface area contributed by atoms with Gasteiger partial charge in [0.05, 0.1) is 18.3 Å². The average molecular weight is 383 g/mol. The highest BCUT2D eigenvalue weighted by Crippen LogP contribution is 2.42. The topological polar surface area (TPSA) is 59.4 Å². The first-order chi connectivity index (χ1) is 13.4. The van der Waals surface area contributed by atoms with Crippen molar-refractivity contribution in [1.29, 1.82) is 0 Å². The lowest BCUT2D eigenvalue weighted by molar-refractivity contribution is -0.0241. The Balaban J connectivity index is 1.83. The van der Waals surface area contributed by atoms with Crippen LogP contribution in [0, 0.1) is 12.7 Å². The maximum Gasteiger partial charge on any atom is 0.255 e. The van der Waals surface area contributed by atoms with Gasteiger partial charge < -0.3 is 0 Å². The number of fused-ring (bicyclic) bond motifs is 2. The number of aryl methyl sites for hydroxylation is 2. The van der Waals surface area contributed by atoms with Crippen LogP contribution in [0.25, 0.3) is 33.4 Å². The summed E-state index contributed by atoms with van der Waals surface area (Å²) in [6.45, 7) is 1.97. The van der Waals surface area contributed by atoms with Crippen LogP contribution in [-0.4, -0.2) is 30.9 Å². The molecule has 4 heterocycles. The van der Waals surface area contributed by atoms with Crippen molar-refractivity contribution in [2.45, 2.75) is 32.2 Å². The number of hydrogen-bond acceptors (Lipinski definition) is 3. The van der Waals surface area contributed by atoms with E-state index in [1.54, 1.807) is 23.0 Å². The van der Waals surface area contributed by atoms with Gasteiger partial charge in [0.25, 0.3) is 5.92 Å². The van der Waals surface area contributed by atoms with Gasteiger partial charge in [-0.25, -0.2) is 18.2 Å². The summed E-state index contributed by atoms with van der Waals surface area (Å²) < 4.78 is 43.6. The fraction of sp³-hybridized carbons (Fsp3) is 0.250. The van der Waals surface area contributed by atoms with Gasteiger partial charge in [0.2, 0.25) is 0 Å². The fourth-order valence-corrected chi connectivity index (χ4v) is 3.82. The number of hydrogen-bond donors (Lipinski definition) is 1. The first kappa shape index (κ1) is 17.0. The first-order valence-corrected chi connectivity index (χ1v) is 8.96. The number of halogens is 3. The Morgan fingerprint density at radius 1 is 1.18 bits per heavy atom. The molecule has 8 heteroatoms. The maximum absolute atomic E-state index is 14.3. The summed E-state index contributed by atoms with van der Waals surface area (Å²) >= 11 is 0. The van der Waals surface area contributed by atoms with Crippen molar-refractivity contribution in [2.75, 3.05) is 0 Å². The van der Waals surface area contributed by atoms with Crippen LogP contribution in [0.4, 0.5) is 13.2 Å². The van der Waals surface area contributed by atoms with Gasteiger partial charge in [0.15, 0.2) is 5.65 Å². The Bertz CT molecular complexity index is 1190. The third-order valence-electron chi connectivity index (χ3n) is 5.11. The summed E-state index contributed by atoms with van der Waals surface area (Å²) in [5.41, 5.74) is 4.40. The van der Waals surface area contributed by atoms with Crippen molar-refractivity contribution in [1.82, 2.24) is 25.0 Å². The second kappa shape index (κ2) is 5.92. The molecule has 4 aromatic rings. The molecule has 1 N–H and O–H groups in total. The summed E-state index contributed by atoms with van der Waals surface area (Å²) in [6.07, 6.45) is 0.994. The van der Waals surface area contributed by atoms with E-state index in [9.17, 15) is 13.2 Å². The number of aromatic nitrogens is 5. The molecule has 1 aliphatic heterocycles. The fourth-order valence-electron chi connectivity index (χ4n) is 3.82. The number of alkyl halides is 2. The molecule has 28 heavy (non-hydrogen) atoms. The Morgan fingerprint density at radius 2 is 1.96 bits per heavy atom. The van der Waals surface area contributed by atoms with Crippen LogP contribution in [0.15, 0.2) is 36.5 Å². The van der Waals surface area contributed by atoms with Crippen molar-refractivity contribution < 1.29 is 13.2 Å². The zero-order chi connectivity index (χ0) is 19.5. The van der Waals surface area contributed by atoms with Crippen LogP contribution in [0.1, 0.15) is 17.8 Å². The zero-order valence-electron chi connectivity index (χ0n) is 15.0. The van der Waals surface area contributed by atoms with Crippen molar-refractivity contribution >= 4 is 11.0 Å². The summed E-state index contributed by atoms with van der Waals surface area (Å²) in [6, 6.07) is 7.78. The molecule has 0 atom stereocenters. The van der Waals surface area contributed by atoms with Gasteiger partial charge in [-0.15, -0.1) is 0 Å². The van der Waals surface area contributed by atoms with E-state index in [0.717, 1.165) is 16.6 Å². The predicted octanol–water partition coefficient (Wildman–Crippen LogP) is 4.52. The quantitative estimate of drug-likeness (QED) is 0.554. The van der Waals surface area contributed by atoms with Gasteiger partial charge in [0, 0.05) is 40.7 Å². The number of aromatic amines is 1. The van der Waals surface area contributed by atoms with Crippen molar-refractivity contribution in [3.05, 3.63) is 53.7 Å². The molecule has 0 amide bonds. The lowest BCUT2D eigenvalue weighted by atomic mass is 9.93. The van der Waals surface area contributed by atoms with E-state index in [2.05, 4.69) is 20.3 Å². The molecule has 1 aromatic carbocycles. The van der Waals surface area contributed by atoms with Gasteiger partial charge in [-0.1, -0.05) is 0 Å². The molecule has 0 spiro atoms. The Kier molecular flexibility index (Phi) is 3.59. The number of pyridine rings is 1. The smallest absolute Gasteiger partial charge is 0.255 e. The van der Waals surface area contributed by atoms with Crippen LogP contribution in [0.2, 0.25) is 0 Å². The lowest BCUT2D eigenvalue weighted by Gasteiger charge is -2.23. The molecule has 5 rings (SSSR count). The number of H-pyrrole nitrogens is 1. The lowest BCUT2D eigenvalue weighted by Crippen LogP contribution is -2.29.